The van der Waals surface area contributed by atoms with Crippen molar-refractivity contribution in [2.24, 2.45) is 17.3 Å². The standard InChI is InChI=1S/C21H24ClN3OS/c22-21-9-15-6-16(10-21)8-20(7-15,13-21)19(26)24-17-11-23-25(12-17)14-27-18-4-2-1-3-5-18/h1-5,11-12,15-16H,6-10,13-14H2,(H,24,26). The predicted molar refractivity (Wildman–Crippen MR) is 109 cm³/mol. The molecular weight excluding hydrogens is 378 g/mol. The van der Waals surface area contributed by atoms with Gasteiger partial charge in [-0.15, -0.1) is 23.4 Å². The average molecular weight is 402 g/mol. The van der Waals surface area contributed by atoms with Crippen molar-refractivity contribution in [2.45, 2.75) is 54.2 Å². The minimum absolute atomic E-state index is 0.141. The van der Waals surface area contributed by atoms with E-state index in [1.165, 1.54) is 11.3 Å². The number of amides is 1. The lowest BCUT2D eigenvalue weighted by molar-refractivity contribution is -0.138. The molecule has 0 radical (unpaired) electrons. The number of halogens is 1. The highest BCUT2D eigenvalue weighted by Crippen LogP contribution is 2.64. The second-order valence-electron chi connectivity index (χ2n) is 8.70. The normalized spacial score (nSPS) is 34.0. The summed E-state index contributed by atoms with van der Waals surface area (Å²) in [4.78, 5) is 14.3. The average Bonchev–Trinajstić information content (AvgIpc) is 3.06. The van der Waals surface area contributed by atoms with Crippen molar-refractivity contribution in [3.05, 3.63) is 42.7 Å². The molecule has 1 amide bonds. The van der Waals surface area contributed by atoms with Gasteiger partial charge in [0.2, 0.25) is 5.91 Å². The monoisotopic (exact) mass is 401 g/mol. The molecule has 4 aliphatic rings. The van der Waals surface area contributed by atoms with Crippen LogP contribution in [0, 0.1) is 17.3 Å². The van der Waals surface area contributed by atoms with Crippen molar-refractivity contribution >= 4 is 35.0 Å². The quantitative estimate of drug-likeness (QED) is 0.556. The number of carbonyl (C=O) groups is 1. The Morgan fingerprint density at radius 2 is 1.96 bits per heavy atom. The highest BCUT2D eigenvalue weighted by atomic mass is 35.5. The first-order valence-corrected chi connectivity index (χ1v) is 11.1. The molecule has 2 unspecified atom stereocenters. The molecule has 4 fully saturated rings. The highest BCUT2D eigenvalue weighted by Gasteiger charge is 2.60. The Bertz CT molecular complexity index is 838. The molecule has 0 aliphatic heterocycles. The Kier molecular flexibility index (Phi) is 4.28. The van der Waals surface area contributed by atoms with Crippen LogP contribution in [0.4, 0.5) is 5.69 Å². The number of thioether (sulfide) groups is 1. The van der Waals surface area contributed by atoms with E-state index in [0.29, 0.717) is 11.8 Å². The predicted octanol–water partition coefficient (Wildman–Crippen LogP) is 5.15. The largest absolute Gasteiger partial charge is 0.323 e. The Labute approximate surface area is 169 Å². The Morgan fingerprint density at radius 1 is 1.22 bits per heavy atom. The molecule has 0 spiro atoms. The Morgan fingerprint density at radius 3 is 2.67 bits per heavy atom. The van der Waals surface area contributed by atoms with E-state index >= 15 is 0 Å². The number of benzene rings is 1. The summed E-state index contributed by atoms with van der Waals surface area (Å²) in [6, 6.07) is 10.3. The maximum Gasteiger partial charge on any atom is 0.230 e. The number of anilines is 1. The van der Waals surface area contributed by atoms with E-state index in [1.54, 1.807) is 18.0 Å². The lowest BCUT2D eigenvalue weighted by Gasteiger charge is -2.59. The van der Waals surface area contributed by atoms with Gasteiger partial charge >= 0.3 is 0 Å². The second kappa shape index (κ2) is 6.56. The molecule has 4 saturated carbocycles. The number of alkyl halides is 1. The van der Waals surface area contributed by atoms with Crippen molar-refractivity contribution < 1.29 is 4.79 Å². The molecule has 1 heterocycles. The minimum Gasteiger partial charge on any atom is -0.323 e. The molecule has 0 saturated heterocycles. The molecule has 27 heavy (non-hydrogen) atoms. The second-order valence-corrected chi connectivity index (χ2v) is 10.5. The summed E-state index contributed by atoms with van der Waals surface area (Å²) in [7, 11) is 0. The number of hydrogen-bond donors (Lipinski definition) is 1. The molecule has 4 bridgehead atoms. The number of hydrogen-bond acceptors (Lipinski definition) is 3. The van der Waals surface area contributed by atoms with Crippen molar-refractivity contribution in [1.82, 2.24) is 9.78 Å². The third-order valence-electron chi connectivity index (χ3n) is 6.47. The molecule has 6 rings (SSSR count). The van der Waals surface area contributed by atoms with Crippen LogP contribution in [0.5, 0.6) is 0 Å². The van der Waals surface area contributed by atoms with E-state index in [4.69, 9.17) is 11.6 Å². The van der Waals surface area contributed by atoms with E-state index in [1.807, 2.05) is 29.1 Å². The van der Waals surface area contributed by atoms with Gasteiger partial charge in [0.1, 0.15) is 0 Å². The molecule has 1 N–H and O–H groups in total. The molecule has 1 aromatic carbocycles. The number of aromatic nitrogens is 2. The van der Waals surface area contributed by atoms with Crippen molar-refractivity contribution in [1.29, 1.82) is 0 Å². The molecule has 4 nitrogen and oxygen atoms in total. The fourth-order valence-electron chi connectivity index (χ4n) is 5.84. The van der Waals surface area contributed by atoms with Crippen LogP contribution in [-0.2, 0) is 10.7 Å². The smallest absolute Gasteiger partial charge is 0.230 e. The van der Waals surface area contributed by atoms with Gasteiger partial charge in [-0.25, -0.2) is 0 Å². The van der Waals surface area contributed by atoms with Crippen molar-refractivity contribution in [2.75, 3.05) is 5.32 Å². The van der Waals surface area contributed by atoms with Gasteiger partial charge in [0.05, 0.1) is 23.2 Å². The Hall–Kier alpha value is -1.46. The minimum atomic E-state index is -0.271. The third kappa shape index (κ3) is 3.40. The van der Waals surface area contributed by atoms with Crippen LogP contribution < -0.4 is 5.32 Å². The van der Waals surface area contributed by atoms with E-state index in [9.17, 15) is 4.79 Å². The fourth-order valence-corrected chi connectivity index (χ4v) is 7.30. The topological polar surface area (TPSA) is 46.9 Å². The maximum atomic E-state index is 13.2. The van der Waals surface area contributed by atoms with Gasteiger partial charge in [0.25, 0.3) is 0 Å². The highest BCUT2D eigenvalue weighted by molar-refractivity contribution is 7.98. The first kappa shape index (κ1) is 17.6. The number of carbonyl (C=O) groups excluding carboxylic acids is 1. The summed E-state index contributed by atoms with van der Waals surface area (Å²) in [6.45, 7) is 0. The molecule has 2 aromatic rings. The molecule has 6 heteroatoms. The van der Waals surface area contributed by atoms with Gasteiger partial charge in [-0.3, -0.25) is 9.48 Å². The zero-order chi connectivity index (χ0) is 18.5. The lowest BCUT2D eigenvalue weighted by Crippen LogP contribution is -2.57. The van der Waals surface area contributed by atoms with Gasteiger partial charge in [-0.1, -0.05) is 18.2 Å². The summed E-state index contributed by atoms with van der Waals surface area (Å²) < 4.78 is 1.87. The Balaban J connectivity index is 1.25. The van der Waals surface area contributed by atoms with E-state index < -0.39 is 0 Å². The van der Waals surface area contributed by atoms with Gasteiger partial charge in [0, 0.05) is 16.0 Å². The van der Waals surface area contributed by atoms with Crippen LogP contribution >= 0.6 is 23.4 Å². The van der Waals surface area contributed by atoms with Crippen molar-refractivity contribution in [3.8, 4) is 0 Å². The summed E-state index contributed by atoms with van der Waals surface area (Å²) in [5.41, 5.74) is 0.514. The van der Waals surface area contributed by atoms with Crippen LogP contribution in [0.2, 0.25) is 0 Å². The molecule has 142 valence electrons. The molecule has 1 aromatic heterocycles. The van der Waals surface area contributed by atoms with Gasteiger partial charge < -0.3 is 5.32 Å². The van der Waals surface area contributed by atoms with E-state index in [0.717, 1.165) is 43.7 Å². The third-order valence-corrected chi connectivity index (χ3v) is 7.91. The van der Waals surface area contributed by atoms with Crippen molar-refractivity contribution in [3.63, 3.8) is 0 Å². The summed E-state index contributed by atoms with van der Waals surface area (Å²) in [5, 5.41) is 7.54. The fraction of sp³-hybridized carbons (Fsp3) is 0.524. The van der Waals surface area contributed by atoms with Crippen LogP contribution in [0.15, 0.2) is 47.6 Å². The summed E-state index contributed by atoms with van der Waals surface area (Å²) >= 11 is 8.59. The first-order valence-electron chi connectivity index (χ1n) is 9.73. The zero-order valence-corrected chi connectivity index (χ0v) is 16.8. The van der Waals surface area contributed by atoms with Crippen LogP contribution in [0.25, 0.3) is 0 Å². The first-order chi connectivity index (χ1) is 13.0. The molecule has 2 atom stereocenters. The van der Waals surface area contributed by atoms with Gasteiger partial charge in [-0.05, 0) is 62.5 Å². The molecule has 4 aliphatic carbocycles. The van der Waals surface area contributed by atoms with Crippen LogP contribution in [0.1, 0.15) is 38.5 Å². The van der Waals surface area contributed by atoms with E-state index in [-0.39, 0.29) is 16.2 Å². The van der Waals surface area contributed by atoms with Gasteiger partial charge in [0.15, 0.2) is 0 Å². The van der Waals surface area contributed by atoms with E-state index in [2.05, 4.69) is 22.5 Å². The molecular formula is C21H24ClN3OS. The summed E-state index contributed by atoms with van der Waals surface area (Å²) in [6.07, 6.45) is 9.95. The number of nitrogens with one attached hydrogen (secondary N) is 1. The van der Waals surface area contributed by atoms with Gasteiger partial charge in [-0.2, -0.15) is 5.10 Å². The lowest BCUT2D eigenvalue weighted by atomic mass is 9.49. The SMILES string of the molecule is O=C(Nc1cnn(CSc2ccccc2)c1)C12CC3CC(CC(Cl)(C3)C1)C2. The number of nitrogens with zero attached hydrogens (tertiary/aromatic N) is 2. The summed E-state index contributed by atoms with van der Waals surface area (Å²) in [5.74, 6) is 2.12. The zero-order valence-electron chi connectivity index (χ0n) is 15.2. The number of rotatable bonds is 5. The van der Waals surface area contributed by atoms with Crippen LogP contribution in [0.3, 0.4) is 0 Å². The maximum absolute atomic E-state index is 13.2. The van der Waals surface area contributed by atoms with Crippen LogP contribution in [-0.4, -0.2) is 20.6 Å².